The van der Waals surface area contributed by atoms with E-state index in [4.69, 9.17) is 10.7 Å². The molecular weight excluding hydrogens is 484 g/mol. The average molecular weight is 521 g/mol. The fourth-order valence-electron chi connectivity index (χ4n) is 6.17. The lowest BCUT2D eigenvalue weighted by Gasteiger charge is -2.38. The van der Waals surface area contributed by atoms with Crippen LogP contribution in [0.2, 0.25) is 0 Å². The minimum absolute atomic E-state index is 0.0468. The summed E-state index contributed by atoms with van der Waals surface area (Å²) >= 11 is 0. The van der Waals surface area contributed by atoms with Gasteiger partial charge in [-0.2, -0.15) is 0 Å². The van der Waals surface area contributed by atoms with Crippen LogP contribution in [0.4, 0.5) is 5.69 Å². The van der Waals surface area contributed by atoms with E-state index < -0.39 is 0 Å². The van der Waals surface area contributed by atoms with Crippen molar-refractivity contribution in [2.75, 3.05) is 5.32 Å². The first-order valence-corrected chi connectivity index (χ1v) is 14.1. The quantitative estimate of drug-likeness (QED) is 0.293. The highest BCUT2D eigenvalue weighted by Gasteiger charge is 2.34. The Morgan fingerprint density at radius 1 is 1.03 bits per heavy atom. The maximum atomic E-state index is 13.0. The van der Waals surface area contributed by atoms with E-state index >= 15 is 0 Å². The number of carbonyl (C=O) groups is 1. The summed E-state index contributed by atoms with van der Waals surface area (Å²) < 4.78 is 2.17. The predicted octanol–water partition coefficient (Wildman–Crippen LogP) is 6.41. The maximum absolute atomic E-state index is 13.0. The highest BCUT2D eigenvalue weighted by atomic mass is 16.1. The van der Waals surface area contributed by atoms with Gasteiger partial charge in [0.2, 0.25) is 5.91 Å². The van der Waals surface area contributed by atoms with Gasteiger partial charge in [-0.3, -0.25) is 9.78 Å². The zero-order valence-corrected chi connectivity index (χ0v) is 22.5. The lowest BCUT2D eigenvalue weighted by molar-refractivity contribution is -0.117. The molecule has 7 heteroatoms. The number of nitrogens with two attached hydrogens (primary N) is 1. The van der Waals surface area contributed by atoms with Gasteiger partial charge in [-0.15, -0.1) is 10.2 Å². The molecule has 2 aromatic carbocycles. The van der Waals surface area contributed by atoms with E-state index in [1.165, 1.54) is 12.0 Å². The number of benzene rings is 2. The summed E-state index contributed by atoms with van der Waals surface area (Å²) in [5.41, 5.74) is 12.3. The van der Waals surface area contributed by atoms with Crippen LogP contribution in [0.15, 0.2) is 73.2 Å². The van der Waals surface area contributed by atoms with Gasteiger partial charge in [-0.05, 0) is 75.0 Å². The van der Waals surface area contributed by atoms with E-state index in [1.807, 2.05) is 37.5 Å². The summed E-state index contributed by atoms with van der Waals surface area (Å²) in [6, 6.07) is 21.2. The van der Waals surface area contributed by atoms with Gasteiger partial charge in [0.15, 0.2) is 0 Å². The predicted molar refractivity (Wildman–Crippen MR) is 154 cm³/mol. The van der Waals surface area contributed by atoms with E-state index in [9.17, 15) is 4.79 Å². The van der Waals surface area contributed by atoms with Crippen LogP contribution in [0.3, 0.4) is 0 Å². The number of hydrogen-bond donors (Lipinski definition) is 2. The Morgan fingerprint density at radius 2 is 1.77 bits per heavy atom. The van der Waals surface area contributed by atoms with Gasteiger partial charge in [-0.25, -0.2) is 0 Å². The molecule has 0 spiro atoms. The number of aryl methyl sites for hydroxylation is 1. The molecule has 2 fully saturated rings. The lowest BCUT2D eigenvalue weighted by atomic mass is 9.72. The number of rotatable bonds is 7. The summed E-state index contributed by atoms with van der Waals surface area (Å²) in [4.78, 5) is 17.9. The van der Waals surface area contributed by atoms with E-state index in [0.717, 1.165) is 72.4 Å². The molecule has 3 N–H and O–H groups in total. The summed E-state index contributed by atoms with van der Waals surface area (Å²) in [6.45, 7) is 2.00. The van der Waals surface area contributed by atoms with Crippen molar-refractivity contribution in [2.45, 2.75) is 69.9 Å². The number of carbonyl (C=O) groups excluding carboxylic acids is 1. The first-order chi connectivity index (χ1) is 19.0. The van der Waals surface area contributed by atoms with Crippen molar-refractivity contribution in [1.29, 1.82) is 0 Å². The van der Waals surface area contributed by atoms with Crippen LogP contribution in [0.5, 0.6) is 0 Å². The van der Waals surface area contributed by atoms with Crippen LogP contribution in [-0.2, 0) is 10.3 Å². The van der Waals surface area contributed by atoms with Crippen LogP contribution in [0.1, 0.15) is 68.8 Å². The number of pyridine rings is 1. The zero-order valence-electron chi connectivity index (χ0n) is 22.5. The molecule has 6 rings (SSSR count). The molecule has 2 heterocycles. The van der Waals surface area contributed by atoms with Crippen molar-refractivity contribution in [2.24, 2.45) is 11.7 Å². The Hall–Kier alpha value is -3.84. The van der Waals surface area contributed by atoms with Gasteiger partial charge >= 0.3 is 0 Å². The molecule has 2 aliphatic carbocycles. The zero-order chi connectivity index (χ0) is 26.8. The minimum atomic E-state index is -0.183. The monoisotopic (exact) mass is 520 g/mol. The maximum Gasteiger partial charge on any atom is 0.224 e. The third-order valence-electron chi connectivity index (χ3n) is 8.67. The summed E-state index contributed by atoms with van der Waals surface area (Å²) in [6.07, 6.45) is 11.6. The third kappa shape index (κ3) is 5.36. The van der Waals surface area contributed by atoms with Gasteiger partial charge in [0.25, 0.3) is 0 Å². The van der Waals surface area contributed by atoms with Gasteiger partial charge in [0.05, 0.1) is 17.6 Å². The number of amides is 1. The molecule has 1 amide bonds. The Balaban J connectivity index is 1.16. The smallest absolute Gasteiger partial charge is 0.224 e. The van der Waals surface area contributed by atoms with Crippen molar-refractivity contribution < 1.29 is 4.79 Å². The number of nitrogens with zero attached hydrogens (tertiary/aromatic N) is 4. The average Bonchev–Trinajstić information content (AvgIpc) is 3.38. The van der Waals surface area contributed by atoms with E-state index in [2.05, 4.69) is 56.5 Å². The molecule has 39 heavy (non-hydrogen) atoms. The van der Waals surface area contributed by atoms with Crippen LogP contribution < -0.4 is 11.1 Å². The highest BCUT2D eigenvalue weighted by molar-refractivity contribution is 5.93. The molecular formula is C32H36N6O. The van der Waals surface area contributed by atoms with E-state index in [1.54, 1.807) is 6.20 Å². The van der Waals surface area contributed by atoms with Crippen LogP contribution in [0, 0.1) is 12.8 Å². The molecule has 0 radical (unpaired) electrons. The van der Waals surface area contributed by atoms with E-state index in [0.29, 0.717) is 18.4 Å². The number of hydrogen-bond acceptors (Lipinski definition) is 5. The molecule has 0 bridgehead atoms. The van der Waals surface area contributed by atoms with Gasteiger partial charge in [0, 0.05) is 29.1 Å². The fraction of sp³-hybridized carbons (Fsp3) is 0.375. The Morgan fingerprint density at radius 3 is 2.41 bits per heavy atom. The first-order valence-electron chi connectivity index (χ1n) is 14.1. The largest absolute Gasteiger partial charge is 0.325 e. The van der Waals surface area contributed by atoms with Crippen LogP contribution in [-0.4, -0.2) is 25.7 Å². The standard InChI is InChI=1S/C32H36N6O/c1-22-37-35-21-38(22)28-14-8-23(9-15-28)18-30(39)36-27-19-29(24-6-3-2-4-7-24)31(34-20-27)25-10-12-26(13-11-25)32(33)16-5-17-32/h2-4,6-7,10-13,19-21,23,28H,5,8-9,14-18,33H2,1H3,(H,36,39). The molecule has 7 nitrogen and oxygen atoms in total. The molecule has 200 valence electrons. The van der Waals surface area contributed by atoms with Crippen LogP contribution in [0.25, 0.3) is 22.4 Å². The third-order valence-corrected chi connectivity index (χ3v) is 8.67. The van der Waals surface area contributed by atoms with Gasteiger partial charge in [-0.1, -0.05) is 54.6 Å². The first kappa shape index (κ1) is 25.4. The highest BCUT2D eigenvalue weighted by Crippen LogP contribution is 2.40. The minimum Gasteiger partial charge on any atom is -0.325 e. The fourth-order valence-corrected chi connectivity index (χ4v) is 6.17. The Labute approximate surface area is 229 Å². The molecule has 0 saturated heterocycles. The summed E-state index contributed by atoms with van der Waals surface area (Å²) in [5.74, 6) is 1.39. The summed E-state index contributed by atoms with van der Waals surface area (Å²) in [5, 5.41) is 11.3. The number of aromatic nitrogens is 4. The second-order valence-corrected chi connectivity index (χ2v) is 11.3. The van der Waals surface area contributed by atoms with Crippen molar-refractivity contribution in [3.8, 4) is 22.4 Å². The SMILES string of the molecule is Cc1nncn1C1CCC(CC(=O)Nc2cnc(-c3ccc(C4(N)CCC4)cc3)c(-c3ccccc3)c2)CC1. The van der Waals surface area contributed by atoms with E-state index in [-0.39, 0.29) is 11.4 Å². The topological polar surface area (TPSA) is 98.7 Å². The second kappa shape index (κ2) is 10.7. The van der Waals surface area contributed by atoms with Gasteiger partial charge < -0.3 is 15.6 Å². The molecule has 2 aromatic heterocycles. The molecule has 2 aliphatic rings. The molecule has 0 unspecified atom stereocenters. The van der Waals surface area contributed by atoms with Crippen molar-refractivity contribution >= 4 is 11.6 Å². The lowest BCUT2D eigenvalue weighted by Crippen LogP contribution is -2.43. The Bertz CT molecular complexity index is 1430. The summed E-state index contributed by atoms with van der Waals surface area (Å²) in [7, 11) is 0. The number of nitrogens with one attached hydrogen (secondary N) is 1. The molecule has 2 saturated carbocycles. The second-order valence-electron chi connectivity index (χ2n) is 11.3. The van der Waals surface area contributed by atoms with Gasteiger partial charge in [0.1, 0.15) is 12.2 Å². The molecule has 0 atom stereocenters. The normalized spacial score (nSPS) is 20.3. The van der Waals surface area contributed by atoms with Crippen molar-refractivity contribution in [3.63, 3.8) is 0 Å². The molecule has 4 aromatic rings. The number of anilines is 1. The molecule has 0 aliphatic heterocycles. The Kier molecular flexibility index (Phi) is 7.00. The van der Waals surface area contributed by atoms with Crippen molar-refractivity contribution in [1.82, 2.24) is 19.7 Å². The van der Waals surface area contributed by atoms with Crippen molar-refractivity contribution in [3.05, 3.63) is 84.6 Å². The van der Waals surface area contributed by atoms with Crippen LogP contribution >= 0.6 is 0 Å².